The van der Waals surface area contributed by atoms with Crippen molar-refractivity contribution in [3.63, 3.8) is 0 Å². The fourth-order valence-corrected chi connectivity index (χ4v) is 1.42. The molecule has 1 unspecified atom stereocenters. The smallest absolute Gasteiger partial charge is 0.157 e. The largest absolute Gasteiger partial charge is 0.370 e. The van der Waals surface area contributed by atoms with Gasteiger partial charge in [-0.2, -0.15) is 5.10 Å². The molecule has 80 valence electrons. The second-order valence-corrected chi connectivity index (χ2v) is 4.19. The molecule has 1 atom stereocenters. The first kappa shape index (κ1) is 10.2. The third-order valence-electron chi connectivity index (χ3n) is 2.11. The molecule has 0 radical (unpaired) electrons. The molecule has 2 aromatic heterocycles. The number of hydrogen-bond donors (Lipinski definition) is 1. The average Bonchev–Trinajstić information content (AvgIpc) is 2.64. The van der Waals surface area contributed by atoms with E-state index in [1.54, 1.807) is 10.7 Å². The average molecular weight is 225 g/mol. The van der Waals surface area contributed by atoms with Gasteiger partial charge in [-0.15, -0.1) is 11.6 Å². The van der Waals surface area contributed by atoms with Crippen LogP contribution in [0.15, 0.2) is 24.5 Å². The molecular formula is C10H13ClN4. The Kier molecular flexibility index (Phi) is 3.06. The summed E-state index contributed by atoms with van der Waals surface area (Å²) in [4.78, 5) is 4.38. The number of nitrogens with one attached hydrogen (secondary N) is 1. The van der Waals surface area contributed by atoms with Gasteiger partial charge >= 0.3 is 0 Å². The number of halogens is 1. The molecule has 0 aliphatic heterocycles. The lowest BCUT2D eigenvalue weighted by Crippen LogP contribution is -2.07. The molecule has 0 saturated heterocycles. The van der Waals surface area contributed by atoms with E-state index in [1.165, 1.54) is 0 Å². The van der Waals surface area contributed by atoms with Gasteiger partial charge in [0.15, 0.2) is 5.65 Å². The van der Waals surface area contributed by atoms with Crippen LogP contribution >= 0.6 is 11.6 Å². The summed E-state index contributed by atoms with van der Waals surface area (Å²) in [5.41, 5.74) is 0.846. The quantitative estimate of drug-likeness (QED) is 0.810. The summed E-state index contributed by atoms with van der Waals surface area (Å²) in [6.07, 6.45) is 4.54. The van der Waals surface area contributed by atoms with E-state index in [9.17, 15) is 0 Å². The summed E-state index contributed by atoms with van der Waals surface area (Å²) in [5, 5.41) is 7.49. The van der Waals surface area contributed by atoms with E-state index in [4.69, 9.17) is 11.6 Å². The van der Waals surface area contributed by atoms with Crippen LogP contribution < -0.4 is 5.32 Å². The number of rotatable bonds is 4. The van der Waals surface area contributed by atoms with Gasteiger partial charge in [0.1, 0.15) is 5.82 Å². The monoisotopic (exact) mass is 224 g/mol. The third-order valence-corrected chi connectivity index (χ3v) is 2.32. The molecule has 2 heterocycles. The second-order valence-electron chi connectivity index (χ2n) is 3.44. The predicted molar refractivity (Wildman–Crippen MR) is 61.4 cm³/mol. The number of anilines is 1. The van der Waals surface area contributed by atoms with Crippen LogP contribution in [0.1, 0.15) is 13.3 Å². The summed E-state index contributed by atoms with van der Waals surface area (Å²) in [6, 6.07) is 3.77. The molecule has 5 heteroatoms. The second kappa shape index (κ2) is 4.49. The fourth-order valence-electron chi connectivity index (χ4n) is 1.31. The molecule has 15 heavy (non-hydrogen) atoms. The van der Waals surface area contributed by atoms with Crippen molar-refractivity contribution in [1.82, 2.24) is 14.6 Å². The normalized spacial score (nSPS) is 12.9. The number of aromatic nitrogens is 3. The summed E-state index contributed by atoms with van der Waals surface area (Å²) >= 11 is 5.85. The van der Waals surface area contributed by atoms with Gasteiger partial charge in [0, 0.05) is 24.2 Å². The molecule has 0 amide bonds. The van der Waals surface area contributed by atoms with Gasteiger partial charge in [-0.1, -0.05) is 0 Å². The van der Waals surface area contributed by atoms with Crippen molar-refractivity contribution in [2.24, 2.45) is 0 Å². The zero-order valence-corrected chi connectivity index (χ0v) is 9.28. The highest BCUT2D eigenvalue weighted by molar-refractivity contribution is 6.20. The van der Waals surface area contributed by atoms with Gasteiger partial charge in [-0.3, -0.25) is 0 Å². The Bertz CT molecular complexity index is 438. The Morgan fingerprint density at radius 1 is 1.53 bits per heavy atom. The summed E-state index contributed by atoms with van der Waals surface area (Å²) < 4.78 is 1.73. The van der Waals surface area contributed by atoms with Gasteiger partial charge in [0.05, 0.1) is 6.20 Å². The van der Waals surface area contributed by atoms with Gasteiger partial charge < -0.3 is 5.32 Å². The van der Waals surface area contributed by atoms with Crippen LogP contribution in [-0.4, -0.2) is 26.5 Å². The predicted octanol–water partition coefficient (Wildman–Crippen LogP) is 2.16. The first-order valence-corrected chi connectivity index (χ1v) is 5.38. The van der Waals surface area contributed by atoms with Crippen LogP contribution in [-0.2, 0) is 0 Å². The van der Waals surface area contributed by atoms with Crippen molar-refractivity contribution in [3.05, 3.63) is 24.5 Å². The Balaban J connectivity index is 2.02. The molecule has 0 aliphatic rings. The lowest BCUT2D eigenvalue weighted by Gasteiger charge is -2.06. The minimum absolute atomic E-state index is 0.191. The SMILES string of the molecule is CC(Cl)CCNc1ccn2nccc2n1. The fraction of sp³-hybridized carbons (Fsp3) is 0.400. The summed E-state index contributed by atoms with van der Waals surface area (Å²) in [5.74, 6) is 0.861. The highest BCUT2D eigenvalue weighted by Crippen LogP contribution is 2.07. The van der Waals surface area contributed by atoms with Crippen LogP contribution in [0.2, 0.25) is 0 Å². The van der Waals surface area contributed by atoms with E-state index in [-0.39, 0.29) is 5.38 Å². The molecule has 4 nitrogen and oxygen atoms in total. The van der Waals surface area contributed by atoms with E-state index < -0.39 is 0 Å². The highest BCUT2D eigenvalue weighted by atomic mass is 35.5. The first-order chi connectivity index (χ1) is 7.25. The molecular weight excluding hydrogens is 212 g/mol. The molecule has 0 fully saturated rings. The molecule has 0 aliphatic carbocycles. The van der Waals surface area contributed by atoms with E-state index in [0.29, 0.717) is 0 Å². The van der Waals surface area contributed by atoms with E-state index in [2.05, 4.69) is 15.4 Å². The Hall–Kier alpha value is -1.29. The summed E-state index contributed by atoms with van der Waals surface area (Å²) in [6.45, 7) is 2.82. The van der Waals surface area contributed by atoms with Gasteiger partial charge in [-0.25, -0.2) is 9.50 Å². The molecule has 0 bridgehead atoms. The number of alkyl halides is 1. The van der Waals surface area contributed by atoms with E-state index >= 15 is 0 Å². The van der Waals surface area contributed by atoms with Crippen molar-refractivity contribution in [3.8, 4) is 0 Å². The van der Waals surface area contributed by atoms with Crippen LogP contribution in [0.3, 0.4) is 0 Å². The lowest BCUT2D eigenvalue weighted by atomic mass is 10.3. The van der Waals surface area contributed by atoms with Crippen molar-refractivity contribution in [2.45, 2.75) is 18.7 Å². The summed E-state index contributed by atoms with van der Waals surface area (Å²) in [7, 11) is 0. The third kappa shape index (κ3) is 2.59. The minimum Gasteiger partial charge on any atom is -0.370 e. The molecule has 2 aromatic rings. The molecule has 0 saturated carbocycles. The van der Waals surface area contributed by atoms with Crippen LogP contribution in [0.5, 0.6) is 0 Å². The van der Waals surface area contributed by atoms with Gasteiger partial charge in [0.25, 0.3) is 0 Å². The van der Waals surface area contributed by atoms with Crippen molar-refractivity contribution in [1.29, 1.82) is 0 Å². The van der Waals surface area contributed by atoms with Crippen LogP contribution in [0.4, 0.5) is 5.82 Å². The maximum atomic E-state index is 5.85. The van der Waals surface area contributed by atoms with E-state index in [0.717, 1.165) is 24.4 Å². The van der Waals surface area contributed by atoms with Crippen LogP contribution in [0, 0.1) is 0 Å². The van der Waals surface area contributed by atoms with E-state index in [1.807, 2.05) is 25.3 Å². The lowest BCUT2D eigenvalue weighted by molar-refractivity contribution is 0.837. The number of nitrogens with zero attached hydrogens (tertiary/aromatic N) is 3. The maximum Gasteiger partial charge on any atom is 0.157 e. The zero-order valence-electron chi connectivity index (χ0n) is 8.52. The highest BCUT2D eigenvalue weighted by Gasteiger charge is 1.99. The molecule has 2 rings (SSSR count). The van der Waals surface area contributed by atoms with Crippen molar-refractivity contribution >= 4 is 23.1 Å². The van der Waals surface area contributed by atoms with Crippen LogP contribution in [0.25, 0.3) is 5.65 Å². The Morgan fingerprint density at radius 3 is 3.20 bits per heavy atom. The standard InChI is InChI=1S/C10H13ClN4/c1-8(11)2-5-12-9-4-7-15-10(14-9)3-6-13-15/h3-4,6-8H,2,5H2,1H3,(H,12,14). The molecule has 1 N–H and O–H groups in total. The van der Waals surface area contributed by atoms with Gasteiger partial charge in [0.2, 0.25) is 0 Å². The number of fused-ring (bicyclic) bond motifs is 1. The van der Waals surface area contributed by atoms with Crippen molar-refractivity contribution < 1.29 is 0 Å². The molecule has 0 aromatic carbocycles. The van der Waals surface area contributed by atoms with Gasteiger partial charge in [-0.05, 0) is 19.4 Å². The van der Waals surface area contributed by atoms with Crippen molar-refractivity contribution in [2.75, 3.05) is 11.9 Å². The molecule has 0 spiro atoms. The minimum atomic E-state index is 0.191. The Morgan fingerprint density at radius 2 is 2.40 bits per heavy atom. The maximum absolute atomic E-state index is 5.85. The first-order valence-electron chi connectivity index (χ1n) is 4.94. The zero-order chi connectivity index (χ0) is 10.7. The topological polar surface area (TPSA) is 42.2 Å². The Labute approximate surface area is 93.3 Å². The number of hydrogen-bond acceptors (Lipinski definition) is 3.